The molecule has 4 rings (SSSR count). The molecule has 128 valence electrons. The molecule has 2 heterocycles. The van der Waals surface area contributed by atoms with Crippen LogP contribution in [0.4, 0.5) is 5.69 Å². The lowest BCUT2D eigenvalue weighted by atomic mass is 10.1. The molecule has 1 amide bonds. The molecule has 0 radical (unpaired) electrons. The van der Waals surface area contributed by atoms with E-state index in [9.17, 15) is 4.79 Å². The highest BCUT2D eigenvalue weighted by atomic mass is 16.5. The number of hydrogen-bond acceptors (Lipinski definition) is 3. The average Bonchev–Trinajstić information content (AvgIpc) is 3.07. The van der Waals surface area contributed by atoms with E-state index in [1.807, 2.05) is 48.5 Å². The Kier molecular flexibility index (Phi) is 4.45. The zero-order chi connectivity index (χ0) is 17.1. The van der Waals surface area contributed by atoms with Crippen LogP contribution in [-0.4, -0.2) is 48.7 Å². The number of benzene rings is 2. The Morgan fingerprint density at radius 3 is 2.72 bits per heavy atom. The van der Waals surface area contributed by atoms with Gasteiger partial charge < -0.3 is 19.9 Å². The molecule has 6 heteroatoms. The number of rotatable bonds is 4. The minimum Gasteiger partial charge on any atom is -0.370 e. The Morgan fingerprint density at radius 1 is 1.12 bits per heavy atom. The van der Waals surface area contributed by atoms with E-state index >= 15 is 0 Å². The Balaban J connectivity index is 1.55. The summed E-state index contributed by atoms with van der Waals surface area (Å²) >= 11 is 0. The first-order valence-corrected chi connectivity index (χ1v) is 8.55. The second-order valence-corrected chi connectivity index (χ2v) is 6.24. The first-order valence-electron chi connectivity index (χ1n) is 8.55. The van der Waals surface area contributed by atoms with Gasteiger partial charge in [-0.3, -0.25) is 4.79 Å². The number of hydrogen-bond donors (Lipinski definition) is 3. The standard InChI is InChI=1S/C19H20N4O2/c24-18(13-23-9-11-25-12-10-23)20-15-6-2-1-5-14(15)19-21-16-7-3-4-8-17(16)22-19/h1-8H,9-13H2,(H,20,24)(H,21,22)/p+1. The zero-order valence-electron chi connectivity index (χ0n) is 13.9. The Bertz CT molecular complexity index is 851. The van der Waals surface area contributed by atoms with E-state index in [2.05, 4.69) is 15.3 Å². The molecule has 0 atom stereocenters. The summed E-state index contributed by atoms with van der Waals surface area (Å²) in [6.07, 6.45) is 0. The number of morpholine rings is 1. The first kappa shape index (κ1) is 15.8. The third-order valence-electron chi connectivity index (χ3n) is 4.46. The third-order valence-corrected chi connectivity index (χ3v) is 4.46. The van der Waals surface area contributed by atoms with Crippen molar-refractivity contribution < 1.29 is 14.4 Å². The number of quaternary nitrogens is 1. The number of ether oxygens (including phenoxy) is 1. The van der Waals surface area contributed by atoms with Crippen LogP contribution in [0.3, 0.4) is 0 Å². The van der Waals surface area contributed by atoms with Crippen LogP contribution in [0.2, 0.25) is 0 Å². The van der Waals surface area contributed by atoms with Crippen molar-refractivity contribution in [2.24, 2.45) is 0 Å². The molecule has 1 saturated heterocycles. The Morgan fingerprint density at radius 2 is 1.88 bits per heavy atom. The van der Waals surface area contributed by atoms with E-state index in [0.717, 1.165) is 54.4 Å². The van der Waals surface area contributed by atoms with Crippen LogP contribution in [0, 0.1) is 0 Å². The SMILES string of the molecule is O=C(C[NH+]1CCOCC1)Nc1ccccc1-c1nc2ccccc2[nH]1. The number of fused-ring (bicyclic) bond motifs is 1. The van der Waals surface area contributed by atoms with Gasteiger partial charge in [-0.15, -0.1) is 0 Å². The molecular formula is C19H21N4O2+. The van der Waals surface area contributed by atoms with Gasteiger partial charge in [-0.2, -0.15) is 0 Å². The predicted octanol–water partition coefficient (Wildman–Crippen LogP) is 1.08. The number of nitrogens with zero attached hydrogens (tertiary/aromatic N) is 1. The summed E-state index contributed by atoms with van der Waals surface area (Å²) in [6, 6.07) is 15.7. The minimum absolute atomic E-state index is 0.0143. The average molecular weight is 337 g/mol. The maximum atomic E-state index is 12.4. The molecule has 25 heavy (non-hydrogen) atoms. The number of carbonyl (C=O) groups excluding carboxylic acids is 1. The van der Waals surface area contributed by atoms with Crippen LogP contribution in [0.1, 0.15) is 0 Å². The largest absolute Gasteiger partial charge is 0.370 e. The van der Waals surface area contributed by atoms with Gasteiger partial charge in [0.2, 0.25) is 0 Å². The topological polar surface area (TPSA) is 71.5 Å². The number of para-hydroxylation sites is 3. The molecule has 1 aromatic heterocycles. The highest BCUT2D eigenvalue weighted by molar-refractivity contribution is 5.96. The summed E-state index contributed by atoms with van der Waals surface area (Å²) in [5, 5.41) is 3.04. The molecule has 1 fully saturated rings. The van der Waals surface area contributed by atoms with Gasteiger partial charge in [-0.1, -0.05) is 24.3 Å². The molecule has 3 N–H and O–H groups in total. The van der Waals surface area contributed by atoms with Crippen LogP contribution in [0.25, 0.3) is 22.4 Å². The number of aromatic amines is 1. The number of carbonyl (C=O) groups is 1. The lowest BCUT2D eigenvalue weighted by Crippen LogP contribution is -3.15. The van der Waals surface area contributed by atoms with Gasteiger partial charge in [0.1, 0.15) is 18.9 Å². The fraction of sp³-hybridized carbons (Fsp3) is 0.263. The van der Waals surface area contributed by atoms with Crippen LogP contribution in [0.15, 0.2) is 48.5 Å². The number of H-pyrrole nitrogens is 1. The molecule has 0 spiro atoms. The van der Waals surface area contributed by atoms with Gasteiger partial charge in [0.15, 0.2) is 6.54 Å². The summed E-state index contributed by atoms with van der Waals surface area (Å²) in [5.41, 5.74) is 3.57. The lowest BCUT2D eigenvalue weighted by Gasteiger charge is -2.23. The molecule has 3 aromatic rings. The molecule has 6 nitrogen and oxygen atoms in total. The highest BCUT2D eigenvalue weighted by Gasteiger charge is 2.19. The van der Waals surface area contributed by atoms with Gasteiger partial charge in [-0.25, -0.2) is 4.98 Å². The van der Waals surface area contributed by atoms with Crippen LogP contribution in [0.5, 0.6) is 0 Å². The van der Waals surface area contributed by atoms with Gasteiger partial charge in [0.05, 0.1) is 29.9 Å². The number of aromatic nitrogens is 2. The quantitative estimate of drug-likeness (QED) is 0.667. The van der Waals surface area contributed by atoms with Crippen molar-refractivity contribution >= 4 is 22.6 Å². The third kappa shape index (κ3) is 3.55. The van der Waals surface area contributed by atoms with Gasteiger partial charge in [0, 0.05) is 5.56 Å². The van der Waals surface area contributed by atoms with E-state index in [-0.39, 0.29) is 5.91 Å². The number of nitrogens with one attached hydrogen (secondary N) is 3. The Hall–Kier alpha value is -2.70. The zero-order valence-corrected chi connectivity index (χ0v) is 13.9. The molecule has 1 aliphatic rings. The number of amides is 1. The summed E-state index contributed by atoms with van der Waals surface area (Å²) < 4.78 is 5.34. The van der Waals surface area contributed by atoms with Crippen LogP contribution in [-0.2, 0) is 9.53 Å². The van der Waals surface area contributed by atoms with E-state index in [0.29, 0.717) is 6.54 Å². The first-order chi connectivity index (χ1) is 12.3. The molecule has 2 aromatic carbocycles. The van der Waals surface area contributed by atoms with Gasteiger partial charge in [-0.05, 0) is 24.3 Å². The van der Waals surface area contributed by atoms with Crippen molar-refractivity contribution in [1.29, 1.82) is 0 Å². The maximum Gasteiger partial charge on any atom is 0.279 e. The summed E-state index contributed by atoms with van der Waals surface area (Å²) in [4.78, 5) is 21.6. The summed E-state index contributed by atoms with van der Waals surface area (Å²) in [7, 11) is 0. The number of imidazole rings is 1. The van der Waals surface area contributed by atoms with E-state index in [1.165, 1.54) is 4.90 Å². The second-order valence-electron chi connectivity index (χ2n) is 6.24. The molecule has 0 unspecified atom stereocenters. The molecule has 0 saturated carbocycles. The summed E-state index contributed by atoms with van der Waals surface area (Å²) in [6.45, 7) is 3.64. The predicted molar refractivity (Wildman–Crippen MR) is 96.5 cm³/mol. The van der Waals surface area contributed by atoms with Crippen molar-refractivity contribution in [3.63, 3.8) is 0 Å². The van der Waals surface area contributed by atoms with Crippen molar-refractivity contribution in [3.05, 3.63) is 48.5 Å². The molecule has 0 aliphatic carbocycles. The minimum atomic E-state index is 0.0143. The fourth-order valence-corrected chi connectivity index (χ4v) is 3.14. The molecule has 0 bridgehead atoms. The van der Waals surface area contributed by atoms with Crippen molar-refractivity contribution in [2.45, 2.75) is 0 Å². The molecule has 1 aliphatic heterocycles. The van der Waals surface area contributed by atoms with E-state index in [1.54, 1.807) is 0 Å². The smallest absolute Gasteiger partial charge is 0.279 e. The second kappa shape index (κ2) is 7.04. The molecular weight excluding hydrogens is 316 g/mol. The van der Waals surface area contributed by atoms with Crippen molar-refractivity contribution in [2.75, 3.05) is 38.2 Å². The van der Waals surface area contributed by atoms with Crippen molar-refractivity contribution in [3.8, 4) is 11.4 Å². The van der Waals surface area contributed by atoms with E-state index < -0.39 is 0 Å². The number of anilines is 1. The fourth-order valence-electron chi connectivity index (χ4n) is 3.14. The monoisotopic (exact) mass is 337 g/mol. The summed E-state index contributed by atoms with van der Waals surface area (Å²) in [5.74, 6) is 0.774. The van der Waals surface area contributed by atoms with Crippen LogP contribution >= 0.6 is 0 Å². The van der Waals surface area contributed by atoms with Gasteiger partial charge >= 0.3 is 0 Å². The Labute approximate surface area is 145 Å². The normalized spacial score (nSPS) is 15.4. The van der Waals surface area contributed by atoms with Gasteiger partial charge in [0.25, 0.3) is 5.91 Å². The van der Waals surface area contributed by atoms with E-state index in [4.69, 9.17) is 4.74 Å². The van der Waals surface area contributed by atoms with Crippen molar-refractivity contribution in [1.82, 2.24) is 9.97 Å². The highest BCUT2D eigenvalue weighted by Crippen LogP contribution is 2.27. The maximum absolute atomic E-state index is 12.4. The van der Waals surface area contributed by atoms with Crippen LogP contribution < -0.4 is 10.2 Å². The lowest BCUT2D eigenvalue weighted by molar-refractivity contribution is -0.899.